The Labute approximate surface area is 92.0 Å². The Kier molecular flexibility index (Phi) is 2.90. The summed E-state index contributed by atoms with van der Waals surface area (Å²) in [5.74, 6) is -1.22. The number of hydrogen-bond donors (Lipinski definition) is 0. The van der Waals surface area contributed by atoms with Gasteiger partial charge in [0.1, 0.15) is 11.6 Å². The highest BCUT2D eigenvalue weighted by atomic mass is 19.1. The molecular formula is C12H10F2N2. The lowest BCUT2D eigenvalue weighted by Gasteiger charge is -2.02. The Hall–Kier alpha value is -1.84. The fraction of sp³-hybridized carbons (Fsp3) is 0.167. The molecule has 1 heterocycles. The van der Waals surface area contributed by atoms with Crippen molar-refractivity contribution in [1.29, 1.82) is 0 Å². The predicted octanol–water partition coefficient (Wildman–Crippen LogP) is 2.98. The third kappa shape index (κ3) is 2.05. The molecule has 0 fully saturated rings. The molecule has 0 amide bonds. The maximum Gasteiger partial charge on any atom is 0.135 e. The van der Waals surface area contributed by atoms with E-state index in [-0.39, 0.29) is 5.56 Å². The quantitative estimate of drug-likeness (QED) is 0.777. The summed E-state index contributed by atoms with van der Waals surface area (Å²) in [5.41, 5.74) is 1.51. The summed E-state index contributed by atoms with van der Waals surface area (Å²) in [7, 11) is 0. The van der Waals surface area contributed by atoms with Gasteiger partial charge in [0.15, 0.2) is 0 Å². The van der Waals surface area contributed by atoms with Crippen LogP contribution in [0.15, 0.2) is 30.6 Å². The highest BCUT2D eigenvalue weighted by Gasteiger charge is 2.07. The molecule has 0 saturated heterocycles. The van der Waals surface area contributed by atoms with E-state index < -0.39 is 11.6 Å². The largest absolute Gasteiger partial charge is 0.257 e. The Morgan fingerprint density at radius 1 is 1.12 bits per heavy atom. The van der Waals surface area contributed by atoms with Crippen molar-refractivity contribution >= 4 is 0 Å². The zero-order valence-electron chi connectivity index (χ0n) is 8.74. The van der Waals surface area contributed by atoms with Crippen LogP contribution in [0.3, 0.4) is 0 Å². The van der Waals surface area contributed by atoms with Crippen molar-refractivity contribution in [3.63, 3.8) is 0 Å². The predicted molar refractivity (Wildman–Crippen MR) is 56.8 cm³/mol. The van der Waals surface area contributed by atoms with Gasteiger partial charge in [0.2, 0.25) is 0 Å². The first-order chi connectivity index (χ1) is 7.70. The van der Waals surface area contributed by atoms with Crippen LogP contribution in [0.25, 0.3) is 11.3 Å². The molecular weight excluding hydrogens is 210 g/mol. The third-order valence-corrected chi connectivity index (χ3v) is 2.27. The van der Waals surface area contributed by atoms with E-state index >= 15 is 0 Å². The van der Waals surface area contributed by atoms with Gasteiger partial charge >= 0.3 is 0 Å². The normalized spacial score (nSPS) is 10.4. The first kappa shape index (κ1) is 10.7. The minimum Gasteiger partial charge on any atom is -0.257 e. The van der Waals surface area contributed by atoms with Crippen LogP contribution in [-0.4, -0.2) is 9.97 Å². The summed E-state index contributed by atoms with van der Waals surface area (Å²) in [4.78, 5) is 8.20. The SMILES string of the molecule is CCc1cnc(-c2ccc(F)cc2F)cn1. The van der Waals surface area contributed by atoms with Gasteiger partial charge in [-0.1, -0.05) is 6.92 Å². The first-order valence-corrected chi connectivity index (χ1v) is 4.97. The second-order valence-corrected chi connectivity index (χ2v) is 3.37. The molecule has 1 aromatic carbocycles. The number of benzene rings is 1. The molecule has 0 atom stereocenters. The topological polar surface area (TPSA) is 25.8 Å². The van der Waals surface area contributed by atoms with Gasteiger partial charge in [0.05, 0.1) is 17.6 Å². The van der Waals surface area contributed by atoms with E-state index in [4.69, 9.17) is 0 Å². The zero-order valence-corrected chi connectivity index (χ0v) is 8.74. The second-order valence-electron chi connectivity index (χ2n) is 3.37. The van der Waals surface area contributed by atoms with Crippen molar-refractivity contribution in [1.82, 2.24) is 9.97 Å². The maximum atomic E-state index is 13.4. The summed E-state index contributed by atoms with van der Waals surface area (Å²) in [5, 5.41) is 0. The standard InChI is InChI=1S/C12H10F2N2/c1-2-9-6-16-12(7-15-9)10-4-3-8(13)5-11(10)14/h3-7H,2H2,1H3. The first-order valence-electron chi connectivity index (χ1n) is 4.97. The molecule has 0 N–H and O–H groups in total. The Bertz CT molecular complexity index is 495. The molecule has 1 aromatic heterocycles. The van der Waals surface area contributed by atoms with Gasteiger partial charge in [-0.25, -0.2) is 8.78 Å². The van der Waals surface area contributed by atoms with E-state index in [2.05, 4.69) is 9.97 Å². The highest BCUT2D eigenvalue weighted by molar-refractivity contribution is 5.58. The van der Waals surface area contributed by atoms with Crippen molar-refractivity contribution in [2.24, 2.45) is 0 Å². The number of hydrogen-bond acceptors (Lipinski definition) is 2. The number of aromatic nitrogens is 2. The summed E-state index contributed by atoms with van der Waals surface area (Å²) in [6.45, 7) is 1.96. The van der Waals surface area contributed by atoms with Gasteiger partial charge in [0, 0.05) is 17.8 Å². The number of rotatable bonds is 2. The van der Waals surface area contributed by atoms with Gasteiger partial charge in [-0.3, -0.25) is 9.97 Å². The van der Waals surface area contributed by atoms with Crippen LogP contribution in [0.2, 0.25) is 0 Å². The van der Waals surface area contributed by atoms with Crippen LogP contribution in [0.4, 0.5) is 8.78 Å². The molecule has 0 bridgehead atoms. The van der Waals surface area contributed by atoms with Crippen molar-refractivity contribution < 1.29 is 8.78 Å². The summed E-state index contributed by atoms with van der Waals surface area (Å²) >= 11 is 0. The molecule has 82 valence electrons. The fourth-order valence-electron chi connectivity index (χ4n) is 1.37. The molecule has 16 heavy (non-hydrogen) atoms. The second kappa shape index (κ2) is 4.35. The van der Waals surface area contributed by atoms with E-state index in [1.807, 2.05) is 6.92 Å². The van der Waals surface area contributed by atoms with E-state index in [0.717, 1.165) is 18.2 Å². The molecule has 0 radical (unpaired) electrons. The smallest absolute Gasteiger partial charge is 0.135 e. The van der Waals surface area contributed by atoms with Crippen molar-refractivity contribution in [3.8, 4) is 11.3 Å². The maximum absolute atomic E-state index is 13.4. The zero-order chi connectivity index (χ0) is 11.5. The molecule has 4 heteroatoms. The lowest BCUT2D eigenvalue weighted by atomic mass is 10.1. The molecule has 0 saturated carbocycles. The molecule has 2 rings (SSSR count). The minimum atomic E-state index is -0.626. The third-order valence-electron chi connectivity index (χ3n) is 2.27. The van der Waals surface area contributed by atoms with E-state index in [1.54, 1.807) is 6.20 Å². The van der Waals surface area contributed by atoms with Crippen molar-refractivity contribution in [3.05, 3.63) is 47.9 Å². The molecule has 0 aliphatic rings. The molecule has 2 nitrogen and oxygen atoms in total. The lowest BCUT2D eigenvalue weighted by Crippen LogP contribution is -1.93. The average Bonchev–Trinajstić information content (AvgIpc) is 2.29. The van der Waals surface area contributed by atoms with E-state index in [9.17, 15) is 8.78 Å². The molecule has 0 aliphatic carbocycles. The molecule has 0 aliphatic heterocycles. The summed E-state index contributed by atoms with van der Waals surface area (Å²) < 4.78 is 26.1. The Balaban J connectivity index is 2.42. The van der Waals surface area contributed by atoms with Crippen LogP contribution in [0, 0.1) is 11.6 Å². The average molecular weight is 220 g/mol. The monoisotopic (exact) mass is 220 g/mol. The Morgan fingerprint density at radius 3 is 2.50 bits per heavy atom. The summed E-state index contributed by atoms with van der Waals surface area (Å²) in [6.07, 6.45) is 3.87. The van der Waals surface area contributed by atoms with Crippen molar-refractivity contribution in [2.75, 3.05) is 0 Å². The van der Waals surface area contributed by atoms with Crippen LogP contribution < -0.4 is 0 Å². The van der Waals surface area contributed by atoms with Gasteiger partial charge in [0.25, 0.3) is 0 Å². The molecule has 2 aromatic rings. The Morgan fingerprint density at radius 2 is 1.94 bits per heavy atom. The number of aryl methyl sites for hydroxylation is 1. The molecule has 0 spiro atoms. The molecule has 0 unspecified atom stereocenters. The summed E-state index contributed by atoms with van der Waals surface area (Å²) in [6, 6.07) is 3.40. The van der Waals surface area contributed by atoms with Crippen LogP contribution >= 0.6 is 0 Å². The lowest BCUT2D eigenvalue weighted by molar-refractivity contribution is 0.585. The van der Waals surface area contributed by atoms with Gasteiger partial charge in [-0.15, -0.1) is 0 Å². The highest BCUT2D eigenvalue weighted by Crippen LogP contribution is 2.20. The van der Waals surface area contributed by atoms with E-state index in [0.29, 0.717) is 5.69 Å². The van der Waals surface area contributed by atoms with E-state index in [1.165, 1.54) is 18.3 Å². The van der Waals surface area contributed by atoms with Gasteiger partial charge in [-0.05, 0) is 18.6 Å². The van der Waals surface area contributed by atoms with Crippen LogP contribution in [-0.2, 0) is 6.42 Å². The van der Waals surface area contributed by atoms with Crippen LogP contribution in [0.1, 0.15) is 12.6 Å². The fourth-order valence-corrected chi connectivity index (χ4v) is 1.37. The minimum absolute atomic E-state index is 0.261. The number of nitrogens with zero attached hydrogens (tertiary/aromatic N) is 2. The van der Waals surface area contributed by atoms with Gasteiger partial charge < -0.3 is 0 Å². The van der Waals surface area contributed by atoms with Gasteiger partial charge in [-0.2, -0.15) is 0 Å². The van der Waals surface area contributed by atoms with Crippen molar-refractivity contribution in [2.45, 2.75) is 13.3 Å². The van der Waals surface area contributed by atoms with Crippen LogP contribution in [0.5, 0.6) is 0 Å². The number of halogens is 2.